The van der Waals surface area contributed by atoms with Crippen LogP contribution in [0.4, 0.5) is 5.69 Å². The molecular formula is C21H29NO. The lowest BCUT2D eigenvalue weighted by Crippen LogP contribution is -2.20. The summed E-state index contributed by atoms with van der Waals surface area (Å²) in [5, 5.41) is 0. The number of anilines is 1. The van der Waals surface area contributed by atoms with Gasteiger partial charge in [-0.15, -0.1) is 0 Å². The van der Waals surface area contributed by atoms with Crippen LogP contribution in [0.25, 0.3) is 11.1 Å². The number of methoxy groups -OCH3 is 1. The highest BCUT2D eigenvalue weighted by Crippen LogP contribution is 2.39. The molecule has 0 radical (unpaired) electrons. The molecule has 0 bridgehead atoms. The topological polar surface area (TPSA) is 35.2 Å². The molecule has 2 aromatic rings. The molecule has 0 saturated heterocycles. The molecule has 0 unspecified atom stereocenters. The Balaban J connectivity index is 2.68. The lowest BCUT2D eigenvalue weighted by atomic mass is 9.77. The van der Waals surface area contributed by atoms with Crippen molar-refractivity contribution >= 4 is 5.69 Å². The van der Waals surface area contributed by atoms with Crippen molar-refractivity contribution in [1.29, 1.82) is 0 Å². The summed E-state index contributed by atoms with van der Waals surface area (Å²) in [5.41, 5.74) is 12.3. The number of nitrogen functional groups attached to an aromatic ring is 1. The lowest BCUT2D eigenvalue weighted by molar-refractivity contribution is 0.415. The minimum Gasteiger partial charge on any atom is -0.497 e. The Morgan fingerprint density at radius 3 is 1.52 bits per heavy atom. The van der Waals surface area contributed by atoms with Crippen molar-refractivity contribution in [1.82, 2.24) is 0 Å². The normalized spacial score (nSPS) is 12.3. The van der Waals surface area contributed by atoms with Crippen molar-refractivity contribution in [2.75, 3.05) is 12.8 Å². The van der Waals surface area contributed by atoms with E-state index in [1.54, 1.807) is 7.11 Å². The molecule has 0 aliphatic rings. The number of hydrogen-bond acceptors (Lipinski definition) is 2. The predicted octanol–water partition coefficient (Wildman–Crippen LogP) is 5.54. The van der Waals surface area contributed by atoms with E-state index in [4.69, 9.17) is 10.5 Å². The Morgan fingerprint density at radius 1 is 0.739 bits per heavy atom. The highest BCUT2D eigenvalue weighted by Gasteiger charge is 2.25. The molecule has 2 aromatic carbocycles. The molecule has 2 N–H and O–H groups in total. The van der Waals surface area contributed by atoms with E-state index in [0.29, 0.717) is 0 Å². The standard InChI is InChI=1S/C21H29NO/c1-20(2,3)17-12-15(13-18(19(17)22)21(4,5)6)14-8-10-16(23-7)11-9-14/h8-13H,22H2,1-7H3. The fraction of sp³-hybridized carbons (Fsp3) is 0.429. The van der Waals surface area contributed by atoms with Gasteiger partial charge in [-0.25, -0.2) is 0 Å². The van der Waals surface area contributed by atoms with E-state index >= 15 is 0 Å². The van der Waals surface area contributed by atoms with Gasteiger partial charge in [0.25, 0.3) is 0 Å². The third-order valence-electron chi connectivity index (χ3n) is 4.22. The number of rotatable bonds is 2. The molecule has 2 heteroatoms. The summed E-state index contributed by atoms with van der Waals surface area (Å²) in [6.07, 6.45) is 0. The van der Waals surface area contributed by atoms with Crippen LogP contribution >= 0.6 is 0 Å². The second-order valence-electron chi connectivity index (χ2n) is 8.21. The molecule has 2 rings (SSSR count). The van der Waals surface area contributed by atoms with Crippen molar-refractivity contribution in [3.8, 4) is 16.9 Å². The Bertz CT molecular complexity index is 650. The molecule has 2 nitrogen and oxygen atoms in total. The maximum atomic E-state index is 6.53. The van der Waals surface area contributed by atoms with Crippen LogP contribution < -0.4 is 10.5 Å². The van der Waals surface area contributed by atoms with E-state index in [2.05, 4.69) is 65.8 Å². The first-order valence-corrected chi connectivity index (χ1v) is 8.13. The largest absolute Gasteiger partial charge is 0.497 e. The van der Waals surface area contributed by atoms with Crippen molar-refractivity contribution in [3.05, 3.63) is 47.5 Å². The smallest absolute Gasteiger partial charge is 0.118 e. The van der Waals surface area contributed by atoms with Crippen LogP contribution in [0.1, 0.15) is 52.7 Å². The molecule has 0 heterocycles. The summed E-state index contributed by atoms with van der Waals surface area (Å²) in [7, 11) is 1.69. The number of nitrogens with two attached hydrogens (primary N) is 1. The Hall–Kier alpha value is -1.96. The Kier molecular flexibility index (Phi) is 4.48. The van der Waals surface area contributed by atoms with Crippen LogP contribution in [0.2, 0.25) is 0 Å². The van der Waals surface area contributed by atoms with Gasteiger partial charge in [-0.3, -0.25) is 0 Å². The molecule has 0 aliphatic heterocycles. The van der Waals surface area contributed by atoms with Gasteiger partial charge < -0.3 is 10.5 Å². The van der Waals surface area contributed by atoms with Crippen LogP contribution in [0.15, 0.2) is 36.4 Å². The van der Waals surface area contributed by atoms with Gasteiger partial charge in [0.15, 0.2) is 0 Å². The van der Waals surface area contributed by atoms with E-state index in [1.165, 1.54) is 22.3 Å². The van der Waals surface area contributed by atoms with Gasteiger partial charge in [-0.05, 0) is 57.3 Å². The molecule has 0 atom stereocenters. The van der Waals surface area contributed by atoms with Crippen molar-refractivity contribution in [2.45, 2.75) is 52.4 Å². The van der Waals surface area contributed by atoms with Gasteiger partial charge in [0.1, 0.15) is 5.75 Å². The third-order valence-corrected chi connectivity index (χ3v) is 4.22. The Labute approximate surface area is 140 Å². The summed E-state index contributed by atoms with van der Waals surface area (Å²) >= 11 is 0. The monoisotopic (exact) mass is 311 g/mol. The molecule has 0 aromatic heterocycles. The molecule has 0 saturated carbocycles. The third kappa shape index (κ3) is 3.69. The minimum absolute atomic E-state index is 0.00651. The quantitative estimate of drug-likeness (QED) is 0.739. The van der Waals surface area contributed by atoms with E-state index in [0.717, 1.165) is 11.4 Å². The first-order valence-electron chi connectivity index (χ1n) is 8.13. The van der Waals surface area contributed by atoms with E-state index in [9.17, 15) is 0 Å². The average Bonchev–Trinajstić information content (AvgIpc) is 2.45. The Morgan fingerprint density at radius 2 is 1.17 bits per heavy atom. The molecule has 0 aliphatic carbocycles. The molecule has 0 spiro atoms. The number of hydrogen-bond donors (Lipinski definition) is 1. The molecule has 0 fully saturated rings. The zero-order valence-electron chi connectivity index (χ0n) is 15.4. The summed E-state index contributed by atoms with van der Waals surface area (Å²) in [6.45, 7) is 13.3. The zero-order valence-corrected chi connectivity index (χ0v) is 15.4. The van der Waals surface area contributed by atoms with E-state index < -0.39 is 0 Å². The first kappa shape index (κ1) is 17.4. The van der Waals surface area contributed by atoms with E-state index in [1.807, 2.05) is 12.1 Å². The summed E-state index contributed by atoms with van der Waals surface area (Å²) in [5.74, 6) is 0.872. The fourth-order valence-corrected chi connectivity index (χ4v) is 2.84. The molecular weight excluding hydrogens is 282 g/mol. The van der Waals surface area contributed by atoms with E-state index in [-0.39, 0.29) is 10.8 Å². The van der Waals surface area contributed by atoms with Gasteiger partial charge in [0.2, 0.25) is 0 Å². The van der Waals surface area contributed by atoms with Gasteiger partial charge in [0.05, 0.1) is 7.11 Å². The SMILES string of the molecule is COc1ccc(-c2cc(C(C)(C)C)c(N)c(C(C)(C)C)c2)cc1. The van der Waals surface area contributed by atoms with Gasteiger partial charge in [-0.2, -0.15) is 0 Å². The van der Waals surface area contributed by atoms with Crippen molar-refractivity contribution in [2.24, 2.45) is 0 Å². The second kappa shape index (κ2) is 5.92. The number of benzene rings is 2. The zero-order chi connectivity index (χ0) is 17.4. The predicted molar refractivity (Wildman–Crippen MR) is 100 cm³/mol. The van der Waals surface area contributed by atoms with Crippen molar-refractivity contribution in [3.63, 3.8) is 0 Å². The van der Waals surface area contributed by atoms with Crippen LogP contribution in [0, 0.1) is 0 Å². The second-order valence-corrected chi connectivity index (χ2v) is 8.21. The van der Waals surface area contributed by atoms with Crippen LogP contribution in [0.3, 0.4) is 0 Å². The fourth-order valence-electron chi connectivity index (χ4n) is 2.84. The van der Waals surface area contributed by atoms with Crippen LogP contribution in [-0.2, 0) is 10.8 Å². The number of ether oxygens (including phenoxy) is 1. The van der Waals surface area contributed by atoms with Crippen LogP contribution in [-0.4, -0.2) is 7.11 Å². The van der Waals surface area contributed by atoms with Crippen LogP contribution in [0.5, 0.6) is 5.75 Å². The van der Waals surface area contributed by atoms with Gasteiger partial charge in [-0.1, -0.05) is 53.7 Å². The molecule has 23 heavy (non-hydrogen) atoms. The maximum Gasteiger partial charge on any atom is 0.118 e. The minimum atomic E-state index is 0.00651. The van der Waals surface area contributed by atoms with Crippen molar-refractivity contribution < 1.29 is 4.74 Å². The lowest BCUT2D eigenvalue weighted by Gasteiger charge is -2.29. The molecule has 0 amide bonds. The van der Waals surface area contributed by atoms with Gasteiger partial charge >= 0.3 is 0 Å². The highest BCUT2D eigenvalue weighted by atomic mass is 16.5. The first-order chi connectivity index (χ1) is 10.5. The summed E-state index contributed by atoms with van der Waals surface area (Å²) in [6, 6.07) is 12.7. The maximum absolute atomic E-state index is 6.53. The molecule has 124 valence electrons. The summed E-state index contributed by atoms with van der Waals surface area (Å²) < 4.78 is 5.26. The highest BCUT2D eigenvalue weighted by molar-refractivity contribution is 5.73. The van der Waals surface area contributed by atoms with Gasteiger partial charge in [0, 0.05) is 5.69 Å². The summed E-state index contributed by atoms with van der Waals surface area (Å²) in [4.78, 5) is 0. The average molecular weight is 311 g/mol.